The Morgan fingerprint density at radius 2 is 2.11 bits per heavy atom. The summed E-state index contributed by atoms with van der Waals surface area (Å²) in [7, 11) is 1.32. The molecule has 2 aromatic rings. The molecule has 0 amide bonds. The van der Waals surface area contributed by atoms with Crippen LogP contribution >= 0.6 is 23.2 Å². The molecule has 0 unspecified atom stereocenters. The van der Waals surface area contributed by atoms with Crippen molar-refractivity contribution in [2.75, 3.05) is 7.11 Å². The fourth-order valence-electron chi connectivity index (χ4n) is 1.55. The SMILES string of the molecule is COc1cccc(C(=O)c2ncc(Cl)cc2Cl)c1F. The van der Waals surface area contributed by atoms with E-state index in [-0.39, 0.29) is 22.0 Å². The van der Waals surface area contributed by atoms with Crippen LogP contribution in [0.4, 0.5) is 4.39 Å². The van der Waals surface area contributed by atoms with Crippen LogP contribution in [-0.2, 0) is 0 Å². The maximum absolute atomic E-state index is 14.0. The van der Waals surface area contributed by atoms with Crippen LogP contribution in [0.3, 0.4) is 0 Å². The summed E-state index contributed by atoms with van der Waals surface area (Å²) in [6.45, 7) is 0. The number of benzene rings is 1. The fourth-order valence-corrected chi connectivity index (χ4v) is 2.02. The number of hydrogen-bond acceptors (Lipinski definition) is 3. The van der Waals surface area contributed by atoms with Crippen LogP contribution in [0.1, 0.15) is 16.1 Å². The largest absolute Gasteiger partial charge is 0.494 e. The van der Waals surface area contributed by atoms with Crippen molar-refractivity contribution in [3.05, 3.63) is 57.6 Å². The number of rotatable bonds is 3. The van der Waals surface area contributed by atoms with Gasteiger partial charge < -0.3 is 4.74 Å². The zero-order valence-corrected chi connectivity index (χ0v) is 11.3. The number of hydrogen-bond donors (Lipinski definition) is 0. The molecule has 0 aliphatic rings. The molecule has 1 heterocycles. The lowest BCUT2D eigenvalue weighted by molar-refractivity contribution is 0.103. The molecule has 0 atom stereocenters. The van der Waals surface area contributed by atoms with Gasteiger partial charge in [-0.15, -0.1) is 0 Å². The Morgan fingerprint density at radius 3 is 2.74 bits per heavy atom. The van der Waals surface area contributed by atoms with Crippen LogP contribution in [0.5, 0.6) is 5.75 Å². The van der Waals surface area contributed by atoms with E-state index in [0.717, 1.165) is 0 Å². The van der Waals surface area contributed by atoms with Crippen LogP contribution < -0.4 is 4.74 Å². The second-order valence-electron chi connectivity index (χ2n) is 3.63. The number of pyridine rings is 1. The van der Waals surface area contributed by atoms with E-state index in [4.69, 9.17) is 27.9 Å². The van der Waals surface area contributed by atoms with E-state index in [9.17, 15) is 9.18 Å². The number of carbonyl (C=O) groups excluding carboxylic acids is 1. The first-order chi connectivity index (χ1) is 9.04. The number of ether oxygens (including phenoxy) is 1. The quantitative estimate of drug-likeness (QED) is 0.810. The second kappa shape index (κ2) is 5.55. The lowest BCUT2D eigenvalue weighted by Gasteiger charge is -2.07. The van der Waals surface area contributed by atoms with E-state index >= 15 is 0 Å². The summed E-state index contributed by atoms with van der Waals surface area (Å²) in [6, 6.07) is 5.65. The van der Waals surface area contributed by atoms with Gasteiger partial charge in [-0.2, -0.15) is 0 Å². The fraction of sp³-hybridized carbons (Fsp3) is 0.0769. The number of ketones is 1. The minimum atomic E-state index is -0.747. The van der Waals surface area contributed by atoms with Crippen LogP contribution in [0.25, 0.3) is 0 Å². The molecule has 0 aliphatic carbocycles. The highest BCUT2D eigenvalue weighted by Gasteiger charge is 2.20. The molecule has 0 bridgehead atoms. The Morgan fingerprint density at radius 1 is 1.37 bits per heavy atom. The Balaban J connectivity index is 2.50. The molecule has 0 spiro atoms. The maximum Gasteiger partial charge on any atom is 0.215 e. The Labute approximate surface area is 118 Å². The molecule has 2 rings (SSSR count). The monoisotopic (exact) mass is 299 g/mol. The first kappa shape index (κ1) is 13.8. The molecule has 0 aliphatic heterocycles. The predicted molar refractivity (Wildman–Crippen MR) is 70.6 cm³/mol. The van der Waals surface area contributed by atoms with Crippen LogP contribution in [0.2, 0.25) is 10.0 Å². The van der Waals surface area contributed by atoms with E-state index in [1.165, 1.54) is 37.6 Å². The third-order valence-electron chi connectivity index (χ3n) is 2.45. The van der Waals surface area contributed by atoms with Crippen molar-refractivity contribution in [1.82, 2.24) is 4.98 Å². The Hall–Kier alpha value is -1.65. The molecule has 6 heteroatoms. The number of methoxy groups -OCH3 is 1. The van der Waals surface area contributed by atoms with Crippen LogP contribution in [-0.4, -0.2) is 17.9 Å². The molecular weight excluding hydrogens is 292 g/mol. The highest BCUT2D eigenvalue weighted by atomic mass is 35.5. The minimum absolute atomic E-state index is 0.0177. The van der Waals surface area contributed by atoms with Crippen molar-refractivity contribution in [3.8, 4) is 5.75 Å². The normalized spacial score (nSPS) is 10.3. The summed E-state index contributed by atoms with van der Waals surface area (Å²) in [4.78, 5) is 16.0. The van der Waals surface area contributed by atoms with Gasteiger partial charge in [-0.05, 0) is 18.2 Å². The molecule has 0 saturated heterocycles. The first-order valence-electron chi connectivity index (χ1n) is 5.23. The number of halogens is 3. The molecule has 1 aromatic carbocycles. The number of nitrogens with zero attached hydrogens (tertiary/aromatic N) is 1. The van der Waals surface area contributed by atoms with Gasteiger partial charge in [0.2, 0.25) is 5.78 Å². The van der Waals surface area contributed by atoms with Crippen molar-refractivity contribution in [1.29, 1.82) is 0 Å². The average molecular weight is 300 g/mol. The molecule has 0 saturated carbocycles. The highest BCUT2D eigenvalue weighted by molar-refractivity contribution is 6.37. The van der Waals surface area contributed by atoms with Crippen molar-refractivity contribution in [2.45, 2.75) is 0 Å². The summed E-state index contributed by atoms with van der Waals surface area (Å²) in [6.07, 6.45) is 1.28. The zero-order chi connectivity index (χ0) is 14.0. The summed E-state index contributed by atoms with van der Waals surface area (Å²) in [5.74, 6) is -1.39. The lowest BCUT2D eigenvalue weighted by Crippen LogP contribution is -2.08. The molecule has 98 valence electrons. The zero-order valence-electron chi connectivity index (χ0n) is 9.78. The second-order valence-corrected chi connectivity index (χ2v) is 4.48. The summed E-state index contributed by atoms with van der Waals surface area (Å²) >= 11 is 11.6. The molecule has 3 nitrogen and oxygen atoms in total. The van der Waals surface area contributed by atoms with Crippen molar-refractivity contribution in [2.24, 2.45) is 0 Å². The minimum Gasteiger partial charge on any atom is -0.494 e. The topological polar surface area (TPSA) is 39.2 Å². The standard InChI is InChI=1S/C13H8Cl2FNO2/c1-19-10-4-2-3-8(11(10)16)13(18)12-9(15)5-7(14)6-17-12/h2-6H,1H3. The lowest BCUT2D eigenvalue weighted by atomic mass is 10.1. The molecule has 1 aromatic heterocycles. The average Bonchev–Trinajstić information content (AvgIpc) is 2.38. The van der Waals surface area contributed by atoms with Crippen molar-refractivity contribution in [3.63, 3.8) is 0 Å². The van der Waals surface area contributed by atoms with Gasteiger partial charge in [-0.25, -0.2) is 9.37 Å². The van der Waals surface area contributed by atoms with E-state index in [1.54, 1.807) is 0 Å². The van der Waals surface area contributed by atoms with Crippen LogP contribution in [0.15, 0.2) is 30.5 Å². The third-order valence-corrected chi connectivity index (χ3v) is 2.95. The van der Waals surface area contributed by atoms with Gasteiger partial charge in [0.05, 0.1) is 22.7 Å². The smallest absolute Gasteiger partial charge is 0.215 e. The van der Waals surface area contributed by atoms with E-state index in [1.807, 2.05) is 0 Å². The molecule has 0 N–H and O–H groups in total. The van der Waals surface area contributed by atoms with Gasteiger partial charge in [0.15, 0.2) is 11.6 Å². The van der Waals surface area contributed by atoms with Crippen LogP contribution in [0, 0.1) is 5.82 Å². The van der Waals surface area contributed by atoms with Crippen molar-refractivity contribution < 1.29 is 13.9 Å². The third kappa shape index (κ3) is 2.69. The van der Waals surface area contributed by atoms with E-state index in [2.05, 4.69) is 4.98 Å². The first-order valence-corrected chi connectivity index (χ1v) is 5.98. The predicted octanol–water partition coefficient (Wildman–Crippen LogP) is 3.77. The molecule has 0 fully saturated rings. The number of aromatic nitrogens is 1. The van der Waals surface area contributed by atoms with Gasteiger partial charge in [-0.3, -0.25) is 4.79 Å². The highest BCUT2D eigenvalue weighted by Crippen LogP contribution is 2.25. The van der Waals surface area contributed by atoms with Gasteiger partial charge in [0, 0.05) is 6.20 Å². The van der Waals surface area contributed by atoms with Gasteiger partial charge in [-0.1, -0.05) is 29.3 Å². The maximum atomic E-state index is 14.0. The molecular formula is C13H8Cl2FNO2. The summed E-state index contributed by atoms with van der Waals surface area (Å²) < 4.78 is 18.8. The Bertz CT molecular complexity index is 647. The van der Waals surface area contributed by atoms with E-state index < -0.39 is 11.6 Å². The number of carbonyl (C=O) groups is 1. The van der Waals surface area contributed by atoms with E-state index in [0.29, 0.717) is 5.02 Å². The summed E-state index contributed by atoms with van der Waals surface area (Å²) in [5, 5.41) is 0.368. The van der Waals surface area contributed by atoms with Gasteiger partial charge in [0.25, 0.3) is 0 Å². The Kier molecular flexibility index (Phi) is 4.02. The summed E-state index contributed by atoms with van der Waals surface area (Å²) in [5.41, 5.74) is -0.214. The molecule has 19 heavy (non-hydrogen) atoms. The van der Waals surface area contributed by atoms with Crippen molar-refractivity contribution >= 4 is 29.0 Å². The molecule has 0 radical (unpaired) electrons. The van der Waals surface area contributed by atoms with Gasteiger partial charge >= 0.3 is 0 Å². The van der Waals surface area contributed by atoms with Gasteiger partial charge in [0.1, 0.15) is 5.69 Å².